The van der Waals surface area contributed by atoms with Crippen LogP contribution in [0.1, 0.15) is 40.0 Å². The smallest absolute Gasteiger partial charge is 0.272 e. The average molecular weight is 653 g/mol. The minimum atomic E-state index is -0.597. The highest BCUT2D eigenvalue weighted by atomic mass is 35.5. The van der Waals surface area contributed by atoms with Crippen LogP contribution >= 0.6 is 23.2 Å². The maximum absolute atomic E-state index is 14.8. The van der Waals surface area contributed by atoms with Crippen molar-refractivity contribution >= 4 is 51.5 Å². The molecule has 11 heteroatoms. The van der Waals surface area contributed by atoms with Crippen LogP contribution in [0.2, 0.25) is 0 Å². The highest BCUT2D eigenvalue weighted by Crippen LogP contribution is 2.21. The molecule has 2 heterocycles. The van der Waals surface area contributed by atoms with Crippen LogP contribution in [-0.2, 0) is 17.6 Å². The molecular weight excluding hydrogens is 616 g/mol. The predicted octanol–water partition coefficient (Wildman–Crippen LogP) is 5.24. The summed E-state index contributed by atoms with van der Waals surface area (Å²) in [5, 5.41) is 7.95. The van der Waals surface area contributed by atoms with Crippen LogP contribution in [0.4, 0.5) is 10.1 Å². The summed E-state index contributed by atoms with van der Waals surface area (Å²) in [7, 11) is 0. The average Bonchev–Trinajstić information content (AvgIpc) is 3.07. The van der Waals surface area contributed by atoms with Crippen LogP contribution in [0.5, 0.6) is 0 Å². The van der Waals surface area contributed by atoms with Gasteiger partial charge >= 0.3 is 0 Å². The Kier molecular flexibility index (Phi) is 11.1. The van der Waals surface area contributed by atoms with Gasteiger partial charge in [-0.1, -0.05) is 36.4 Å². The Morgan fingerprint density at radius 3 is 2.20 bits per heavy atom. The lowest BCUT2D eigenvalue weighted by atomic mass is 10.0. The minimum Gasteiger partial charge on any atom is -0.369 e. The number of aromatic nitrogens is 2. The number of carbonyl (C=O) groups excluding carboxylic acids is 2. The molecule has 3 aromatic carbocycles. The summed E-state index contributed by atoms with van der Waals surface area (Å²) in [5.74, 6) is 0.119. The van der Waals surface area contributed by atoms with Gasteiger partial charge in [0.1, 0.15) is 5.82 Å². The number of amides is 2. The van der Waals surface area contributed by atoms with Crippen LogP contribution < -0.4 is 10.5 Å². The number of aryl methyl sites for hydroxylation is 1. The van der Waals surface area contributed by atoms with E-state index in [-0.39, 0.29) is 17.0 Å². The van der Waals surface area contributed by atoms with Crippen molar-refractivity contribution < 1.29 is 14.0 Å². The molecule has 1 saturated heterocycles. The highest BCUT2D eigenvalue weighted by molar-refractivity contribution is 6.18. The largest absolute Gasteiger partial charge is 0.369 e. The van der Waals surface area contributed by atoms with Crippen LogP contribution in [-0.4, -0.2) is 82.8 Å². The third-order valence-corrected chi connectivity index (χ3v) is 8.53. The van der Waals surface area contributed by atoms with Gasteiger partial charge in [0, 0.05) is 74.9 Å². The zero-order valence-electron chi connectivity index (χ0n) is 25.0. The van der Waals surface area contributed by atoms with Gasteiger partial charge in [-0.3, -0.25) is 14.4 Å². The van der Waals surface area contributed by atoms with Crippen molar-refractivity contribution in [1.82, 2.24) is 20.0 Å². The van der Waals surface area contributed by atoms with Gasteiger partial charge in [-0.25, -0.2) is 9.49 Å². The van der Waals surface area contributed by atoms with Gasteiger partial charge in [0.05, 0.1) is 16.6 Å². The summed E-state index contributed by atoms with van der Waals surface area (Å²) in [6.07, 6.45) is 2.26. The number of halogens is 3. The Morgan fingerprint density at radius 1 is 0.867 bits per heavy atom. The van der Waals surface area contributed by atoms with Gasteiger partial charge in [-0.2, -0.15) is 5.10 Å². The van der Waals surface area contributed by atoms with Crippen LogP contribution in [0.25, 0.3) is 10.8 Å². The fourth-order valence-corrected chi connectivity index (χ4v) is 6.13. The predicted molar refractivity (Wildman–Crippen MR) is 177 cm³/mol. The number of hydrogen-bond donors (Lipinski definition) is 1. The van der Waals surface area contributed by atoms with E-state index < -0.39 is 11.7 Å². The zero-order valence-corrected chi connectivity index (χ0v) is 26.5. The molecule has 0 atom stereocenters. The molecule has 0 saturated carbocycles. The number of hydrogen-bond acceptors (Lipinski definition) is 5. The molecule has 1 N–H and O–H groups in total. The molecule has 0 spiro atoms. The maximum atomic E-state index is 14.8. The Bertz CT molecular complexity index is 1680. The quantitative estimate of drug-likeness (QED) is 0.212. The van der Waals surface area contributed by atoms with Gasteiger partial charge in [-0.15, -0.1) is 23.2 Å². The summed E-state index contributed by atoms with van der Waals surface area (Å²) >= 11 is 11.8. The number of nitrogens with zero attached hydrogens (tertiary/aromatic N) is 4. The van der Waals surface area contributed by atoms with E-state index in [1.807, 2.05) is 12.1 Å². The van der Waals surface area contributed by atoms with E-state index in [2.05, 4.69) is 39.4 Å². The standard InChI is InChI=1S/C34H36Cl2FN5O3/c35-14-16-40(17-15-36)26-11-8-24(9-12-26)4-3-7-32(43)41-18-20-42(21-19-41)34(45)29-22-25(10-13-30(29)37)23-31-27-5-1-2-6-28(27)33(44)39-38-31/h1-2,5-6,8-13,22H,3-4,7,14-21,23H2,(H,39,44). The molecule has 1 aliphatic heterocycles. The lowest BCUT2D eigenvalue weighted by Gasteiger charge is -2.35. The lowest BCUT2D eigenvalue weighted by Crippen LogP contribution is -2.50. The maximum Gasteiger partial charge on any atom is 0.272 e. The molecule has 1 fully saturated rings. The van der Waals surface area contributed by atoms with E-state index in [1.54, 1.807) is 34.1 Å². The molecule has 0 bridgehead atoms. The summed E-state index contributed by atoms with van der Waals surface area (Å²) in [6.45, 7) is 2.95. The fourth-order valence-electron chi connectivity index (χ4n) is 5.72. The van der Waals surface area contributed by atoms with Crippen LogP contribution in [0, 0.1) is 5.82 Å². The molecule has 0 radical (unpaired) electrons. The third-order valence-electron chi connectivity index (χ3n) is 8.19. The second kappa shape index (κ2) is 15.4. The molecule has 8 nitrogen and oxygen atoms in total. The number of anilines is 1. The Hall–Kier alpha value is -3.95. The van der Waals surface area contributed by atoms with Gasteiger partial charge < -0.3 is 14.7 Å². The number of rotatable bonds is 12. The van der Waals surface area contributed by atoms with Crippen molar-refractivity contribution in [3.05, 3.63) is 105 Å². The first kappa shape index (κ1) is 32.4. The Labute approximate surface area is 271 Å². The summed E-state index contributed by atoms with van der Waals surface area (Å²) in [6, 6.07) is 19.9. The van der Waals surface area contributed by atoms with E-state index in [1.165, 1.54) is 6.07 Å². The molecule has 5 rings (SSSR count). The molecular formula is C34H36Cl2FN5O3. The number of carbonyl (C=O) groups is 2. The molecule has 0 aliphatic carbocycles. The first-order valence-corrected chi connectivity index (χ1v) is 16.2. The normalized spacial score (nSPS) is 13.3. The number of H-pyrrole nitrogens is 1. The van der Waals surface area contributed by atoms with E-state index in [4.69, 9.17) is 23.2 Å². The number of alkyl halides is 2. The fraction of sp³-hybridized carbons (Fsp3) is 0.353. The Morgan fingerprint density at radius 2 is 1.51 bits per heavy atom. The number of piperazine rings is 1. The first-order valence-electron chi connectivity index (χ1n) is 15.2. The number of nitrogens with one attached hydrogen (secondary N) is 1. The van der Waals surface area contributed by atoms with Crippen molar-refractivity contribution in [2.45, 2.75) is 25.7 Å². The number of fused-ring (bicyclic) bond motifs is 1. The molecule has 0 unspecified atom stereocenters. The van der Waals surface area contributed by atoms with E-state index in [0.717, 1.165) is 37.2 Å². The van der Waals surface area contributed by atoms with E-state index in [9.17, 15) is 18.8 Å². The van der Waals surface area contributed by atoms with Gasteiger partial charge in [0.25, 0.3) is 11.5 Å². The van der Waals surface area contributed by atoms with E-state index >= 15 is 0 Å². The molecule has 1 aromatic heterocycles. The zero-order chi connectivity index (χ0) is 31.8. The summed E-state index contributed by atoms with van der Waals surface area (Å²) in [5.41, 5.74) is 3.29. The van der Waals surface area contributed by atoms with E-state index in [0.29, 0.717) is 72.8 Å². The minimum absolute atomic E-state index is 0.0135. The second-order valence-electron chi connectivity index (χ2n) is 11.1. The van der Waals surface area contributed by atoms with Gasteiger partial charge in [0.15, 0.2) is 0 Å². The summed E-state index contributed by atoms with van der Waals surface area (Å²) < 4.78 is 14.8. The second-order valence-corrected chi connectivity index (χ2v) is 11.8. The van der Waals surface area contributed by atoms with Crippen molar-refractivity contribution in [1.29, 1.82) is 0 Å². The number of benzene rings is 3. The highest BCUT2D eigenvalue weighted by Gasteiger charge is 2.26. The topological polar surface area (TPSA) is 89.6 Å². The molecule has 4 aromatic rings. The third kappa shape index (κ3) is 8.02. The van der Waals surface area contributed by atoms with Crippen LogP contribution in [0.15, 0.2) is 71.5 Å². The van der Waals surface area contributed by atoms with Crippen molar-refractivity contribution in [3.8, 4) is 0 Å². The summed E-state index contributed by atoms with van der Waals surface area (Å²) in [4.78, 5) is 43.9. The molecule has 2 amide bonds. The monoisotopic (exact) mass is 651 g/mol. The Balaban J connectivity index is 1.12. The number of aromatic amines is 1. The van der Waals surface area contributed by atoms with Crippen molar-refractivity contribution in [2.24, 2.45) is 0 Å². The molecule has 236 valence electrons. The molecule has 45 heavy (non-hydrogen) atoms. The SMILES string of the molecule is O=C(CCCc1ccc(N(CCCl)CCCl)cc1)N1CCN(C(=O)c2cc(Cc3n[nH]c(=O)c4ccccc34)ccc2F)CC1. The molecule has 1 aliphatic rings. The van der Waals surface area contributed by atoms with Crippen molar-refractivity contribution in [3.63, 3.8) is 0 Å². The van der Waals surface area contributed by atoms with Crippen molar-refractivity contribution in [2.75, 3.05) is 55.9 Å². The first-order chi connectivity index (χ1) is 21.9. The van der Waals surface area contributed by atoms with Gasteiger partial charge in [-0.05, 0) is 54.3 Å². The van der Waals surface area contributed by atoms with Crippen LogP contribution in [0.3, 0.4) is 0 Å². The lowest BCUT2D eigenvalue weighted by molar-refractivity contribution is -0.132. The van der Waals surface area contributed by atoms with Gasteiger partial charge in [0.2, 0.25) is 5.91 Å².